The van der Waals surface area contributed by atoms with Crippen molar-refractivity contribution in [2.24, 2.45) is 0 Å². The van der Waals surface area contributed by atoms with Gasteiger partial charge in [0.05, 0.1) is 5.57 Å². The Morgan fingerprint density at radius 2 is 1.73 bits per heavy atom. The maximum absolute atomic E-state index is 13.4. The molecule has 1 N–H and O–H groups in total. The van der Waals surface area contributed by atoms with E-state index in [0.29, 0.717) is 11.3 Å². The van der Waals surface area contributed by atoms with Crippen LogP contribution in [0.4, 0.5) is 11.4 Å². The molecule has 37 heavy (non-hydrogen) atoms. The van der Waals surface area contributed by atoms with Crippen LogP contribution >= 0.6 is 11.3 Å². The summed E-state index contributed by atoms with van der Waals surface area (Å²) in [7, 11) is 2.12. The van der Waals surface area contributed by atoms with E-state index in [0.717, 1.165) is 54.5 Å². The number of carbonyl (C=O) groups is 2. The molecule has 0 spiro atoms. The Balaban J connectivity index is 1.38. The number of amides is 1. The van der Waals surface area contributed by atoms with Crippen LogP contribution < -0.4 is 14.5 Å². The highest BCUT2D eigenvalue weighted by Gasteiger charge is 2.47. The van der Waals surface area contributed by atoms with Crippen LogP contribution in [-0.4, -0.2) is 61.0 Å². The number of aliphatic hydroxyl groups is 1. The average Bonchev–Trinajstić information content (AvgIpc) is 3.62. The Morgan fingerprint density at radius 1 is 1.00 bits per heavy atom. The maximum Gasteiger partial charge on any atom is 0.300 e. The van der Waals surface area contributed by atoms with Crippen LogP contribution in [0.15, 0.2) is 65.6 Å². The molecule has 2 fully saturated rings. The Morgan fingerprint density at radius 3 is 2.43 bits per heavy atom. The molecule has 2 aromatic carbocycles. The molecule has 2 saturated heterocycles. The van der Waals surface area contributed by atoms with Crippen molar-refractivity contribution in [1.82, 2.24) is 4.90 Å². The minimum Gasteiger partial charge on any atom is -0.507 e. The van der Waals surface area contributed by atoms with Crippen molar-refractivity contribution in [2.75, 3.05) is 43.0 Å². The molecule has 1 amide bonds. The smallest absolute Gasteiger partial charge is 0.300 e. The zero-order valence-corrected chi connectivity index (χ0v) is 21.7. The fourth-order valence-electron chi connectivity index (χ4n) is 5.43. The SMILES string of the molecule is CC1Cc2cc(/C(O)=C3/C(=O)C(=O)N(c4ccc(N5CCN(C)CC5)cc4)C3c3cccs3)ccc2O1. The molecule has 190 valence electrons. The van der Waals surface area contributed by atoms with Crippen molar-refractivity contribution in [2.45, 2.75) is 25.5 Å². The number of Topliss-reactive ketones (excluding diaryl/α,β-unsaturated/α-hetero) is 1. The van der Waals surface area contributed by atoms with E-state index in [4.69, 9.17) is 4.74 Å². The Labute approximate surface area is 220 Å². The molecule has 3 aromatic rings. The van der Waals surface area contributed by atoms with Crippen molar-refractivity contribution >= 4 is 40.2 Å². The number of fused-ring (bicyclic) bond motifs is 1. The molecule has 2 unspecified atom stereocenters. The van der Waals surface area contributed by atoms with Crippen LogP contribution in [0.2, 0.25) is 0 Å². The van der Waals surface area contributed by atoms with E-state index in [9.17, 15) is 14.7 Å². The number of hydrogen-bond donors (Lipinski definition) is 1. The minimum absolute atomic E-state index is 0.0675. The van der Waals surface area contributed by atoms with E-state index < -0.39 is 17.7 Å². The third-order valence-electron chi connectivity index (χ3n) is 7.42. The number of thiophene rings is 1. The standard InChI is InChI=1S/C29H29N3O4S/c1-18-16-20-17-19(5-10-23(20)36-18)27(33)25-26(24-4-3-15-37-24)32(29(35)28(25)34)22-8-6-21(7-9-22)31-13-11-30(2)12-14-31/h3-10,15,17-18,26,33H,11-14,16H2,1-2H3/b27-25-. The van der Waals surface area contributed by atoms with Crippen LogP contribution in [0.25, 0.3) is 5.76 Å². The molecule has 6 rings (SSSR count). The normalized spacial score (nSPS) is 23.4. The van der Waals surface area contributed by atoms with E-state index in [-0.39, 0.29) is 17.4 Å². The van der Waals surface area contributed by atoms with E-state index in [1.54, 1.807) is 6.07 Å². The van der Waals surface area contributed by atoms with E-state index in [1.807, 2.05) is 60.8 Å². The van der Waals surface area contributed by atoms with Gasteiger partial charge < -0.3 is 19.6 Å². The third-order valence-corrected chi connectivity index (χ3v) is 8.35. The molecule has 4 heterocycles. The number of rotatable bonds is 4. The van der Waals surface area contributed by atoms with Gasteiger partial charge in [0.15, 0.2) is 0 Å². The predicted octanol–water partition coefficient (Wildman–Crippen LogP) is 4.45. The Bertz CT molecular complexity index is 1370. The van der Waals surface area contributed by atoms with Gasteiger partial charge in [-0.1, -0.05) is 6.07 Å². The summed E-state index contributed by atoms with van der Waals surface area (Å²) in [5, 5.41) is 13.3. The summed E-state index contributed by atoms with van der Waals surface area (Å²) in [6.07, 6.45) is 0.802. The fraction of sp³-hybridized carbons (Fsp3) is 0.310. The Kier molecular flexibility index (Phi) is 6.01. The number of benzene rings is 2. The van der Waals surface area contributed by atoms with Gasteiger partial charge in [-0.25, -0.2) is 0 Å². The number of piperazine rings is 1. The first-order chi connectivity index (χ1) is 17.9. The lowest BCUT2D eigenvalue weighted by atomic mass is 9.98. The molecule has 7 nitrogen and oxygen atoms in total. The highest BCUT2D eigenvalue weighted by Crippen LogP contribution is 2.44. The predicted molar refractivity (Wildman–Crippen MR) is 145 cm³/mol. The first-order valence-electron chi connectivity index (χ1n) is 12.6. The summed E-state index contributed by atoms with van der Waals surface area (Å²) in [6.45, 7) is 5.89. The molecule has 3 aliphatic heterocycles. The molecular weight excluding hydrogens is 486 g/mol. The number of ether oxygens (including phenoxy) is 1. The second kappa shape index (κ2) is 9.36. The molecule has 3 aliphatic rings. The minimum atomic E-state index is -0.696. The number of anilines is 2. The van der Waals surface area contributed by atoms with E-state index in [2.05, 4.69) is 16.8 Å². The van der Waals surface area contributed by atoms with Crippen LogP contribution in [0.1, 0.15) is 29.0 Å². The van der Waals surface area contributed by atoms with Crippen LogP contribution in [0.3, 0.4) is 0 Å². The molecule has 0 radical (unpaired) electrons. The molecule has 0 bridgehead atoms. The number of aliphatic hydroxyl groups excluding tert-OH is 1. The summed E-state index contributed by atoms with van der Waals surface area (Å²) < 4.78 is 5.79. The van der Waals surface area contributed by atoms with Crippen molar-refractivity contribution in [3.8, 4) is 5.75 Å². The van der Waals surface area contributed by atoms with Crippen LogP contribution in [0.5, 0.6) is 5.75 Å². The highest BCUT2D eigenvalue weighted by atomic mass is 32.1. The first kappa shape index (κ1) is 23.8. The van der Waals surface area contributed by atoms with Crippen LogP contribution in [-0.2, 0) is 16.0 Å². The lowest BCUT2D eigenvalue weighted by Crippen LogP contribution is -2.44. The summed E-state index contributed by atoms with van der Waals surface area (Å²) in [4.78, 5) is 33.8. The van der Waals surface area contributed by atoms with Crippen molar-refractivity contribution in [1.29, 1.82) is 0 Å². The summed E-state index contributed by atoms with van der Waals surface area (Å²) >= 11 is 1.46. The fourth-order valence-corrected chi connectivity index (χ4v) is 6.25. The van der Waals surface area contributed by atoms with E-state index in [1.165, 1.54) is 16.2 Å². The Hall–Kier alpha value is -3.62. The van der Waals surface area contributed by atoms with Gasteiger partial charge in [0, 0.05) is 54.4 Å². The van der Waals surface area contributed by atoms with Gasteiger partial charge in [-0.3, -0.25) is 14.5 Å². The van der Waals surface area contributed by atoms with Crippen molar-refractivity contribution in [3.05, 3.63) is 81.6 Å². The third kappa shape index (κ3) is 4.20. The van der Waals surface area contributed by atoms with Gasteiger partial charge in [0.25, 0.3) is 11.7 Å². The number of nitrogens with zero attached hydrogens (tertiary/aromatic N) is 3. The highest BCUT2D eigenvalue weighted by molar-refractivity contribution is 7.10. The molecule has 1 aromatic heterocycles. The summed E-state index contributed by atoms with van der Waals surface area (Å²) in [5.41, 5.74) is 3.34. The quantitative estimate of drug-likeness (QED) is 0.315. The van der Waals surface area contributed by atoms with Crippen molar-refractivity contribution in [3.63, 3.8) is 0 Å². The van der Waals surface area contributed by atoms with E-state index >= 15 is 0 Å². The molecular formula is C29H29N3O4S. The monoisotopic (exact) mass is 515 g/mol. The van der Waals surface area contributed by atoms with Gasteiger partial charge >= 0.3 is 0 Å². The molecule has 0 aliphatic carbocycles. The van der Waals surface area contributed by atoms with Gasteiger partial charge in [0.1, 0.15) is 23.7 Å². The van der Waals surface area contributed by atoms with Crippen molar-refractivity contribution < 1.29 is 19.4 Å². The largest absolute Gasteiger partial charge is 0.507 e. The topological polar surface area (TPSA) is 73.3 Å². The van der Waals surface area contributed by atoms with Gasteiger partial charge in [-0.15, -0.1) is 11.3 Å². The maximum atomic E-state index is 13.4. The molecule has 8 heteroatoms. The molecule has 0 saturated carbocycles. The van der Waals surface area contributed by atoms with Gasteiger partial charge in [-0.05, 0) is 73.4 Å². The molecule has 2 atom stereocenters. The average molecular weight is 516 g/mol. The number of ketones is 1. The summed E-state index contributed by atoms with van der Waals surface area (Å²) in [6, 6.07) is 16.3. The second-order valence-corrected chi connectivity index (χ2v) is 10.9. The lowest BCUT2D eigenvalue weighted by Gasteiger charge is -2.34. The lowest BCUT2D eigenvalue weighted by molar-refractivity contribution is -0.132. The van der Waals surface area contributed by atoms with Gasteiger partial charge in [-0.2, -0.15) is 0 Å². The zero-order valence-electron chi connectivity index (χ0n) is 20.9. The number of likely N-dealkylation sites (N-methyl/N-ethyl adjacent to an activating group) is 1. The van der Waals surface area contributed by atoms with Crippen LogP contribution in [0, 0.1) is 0 Å². The zero-order chi connectivity index (χ0) is 25.7. The summed E-state index contributed by atoms with van der Waals surface area (Å²) in [5.74, 6) is -0.676. The number of carbonyl (C=O) groups excluding carboxylic acids is 2. The number of hydrogen-bond acceptors (Lipinski definition) is 7. The second-order valence-electron chi connectivity index (χ2n) is 9.95. The van der Waals surface area contributed by atoms with Gasteiger partial charge in [0.2, 0.25) is 0 Å². The first-order valence-corrected chi connectivity index (χ1v) is 13.5.